The number of ether oxygens (including phenoxy) is 1. The first kappa shape index (κ1) is 15.5. The molecular weight excluding hydrogens is 343 g/mol. The minimum Gasteiger partial charge on any atom is -0.484 e. The number of rotatable bonds is 5. The van der Waals surface area contributed by atoms with Crippen molar-refractivity contribution in [3.05, 3.63) is 45.4 Å². The van der Waals surface area contributed by atoms with Gasteiger partial charge in [-0.25, -0.2) is 9.18 Å². The Balaban J connectivity index is 2.19. The van der Waals surface area contributed by atoms with Gasteiger partial charge in [0.05, 0.1) is 21.4 Å². The molecule has 0 saturated heterocycles. The molecule has 112 valence electrons. The van der Waals surface area contributed by atoms with E-state index in [9.17, 15) is 9.18 Å². The molecule has 1 aromatic heterocycles. The molecule has 0 radical (unpaired) electrons. The van der Waals surface area contributed by atoms with Gasteiger partial charge >= 0.3 is 5.97 Å². The maximum absolute atomic E-state index is 13.8. The van der Waals surface area contributed by atoms with Gasteiger partial charge in [-0.05, 0) is 48.0 Å². The van der Waals surface area contributed by atoms with Crippen LogP contribution in [0.15, 0.2) is 22.7 Å². The van der Waals surface area contributed by atoms with Crippen molar-refractivity contribution >= 4 is 21.9 Å². The zero-order valence-electron chi connectivity index (χ0n) is 11.6. The van der Waals surface area contributed by atoms with Crippen LogP contribution in [0.4, 0.5) is 4.39 Å². The van der Waals surface area contributed by atoms with Crippen molar-refractivity contribution in [2.75, 3.05) is 0 Å². The molecule has 1 N–H and O–H groups in total. The lowest BCUT2D eigenvalue weighted by Crippen LogP contribution is -2.07. The number of carboxylic acids is 1. The van der Waals surface area contributed by atoms with Gasteiger partial charge in [-0.1, -0.05) is 0 Å². The summed E-state index contributed by atoms with van der Waals surface area (Å²) in [5.41, 5.74) is 1.52. The lowest BCUT2D eigenvalue weighted by molar-refractivity contribution is 0.0696. The molecule has 21 heavy (non-hydrogen) atoms. The summed E-state index contributed by atoms with van der Waals surface area (Å²) < 4.78 is 21.8. The Labute approximate surface area is 129 Å². The molecule has 0 spiro atoms. The molecule has 1 aromatic carbocycles. The van der Waals surface area contributed by atoms with Crippen LogP contribution in [0.1, 0.15) is 28.7 Å². The lowest BCUT2D eigenvalue weighted by Gasteiger charge is -2.09. The number of nitrogens with zero attached hydrogens (tertiary/aromatic N) is 2. The lowest BCUT2D eigenvalue weighted by atomic mass is 10.2. The number of aromatic nitrogens is 2. The average Bonchev–Trinajstić information content (AvgIpc) is 2.72. The quantitative estimate of drug-likeness (QED) is 0.891. The maximum atomic E-state index is 13.8. The van der Waals surface area contributed by atoms with Gasteiger partial charge in [-0.15, -0.1) is 0 Å². The zero-order chi connectivity index (χ0) is 15.6. The highest BCUT2D eigenvalue weighted by Gasteiger charge is 2.14. The summed E-state index contributed by atoms with van der Waals surface area (Å²) in [4.78, 5) is 10.7. The second-order valence-corrected chi connectivity index (χ2v) is 5.19. The maximum Gasteiger partial charge on any atom is 0.335 e. The number of carbonyl (C=O) groups is 1. The van der Waals surface area contributed by atoms with E-state index in [0.29, 0.717) is 6.54 Å². The Bertz CT molecular complexity index is 685. The third-order valence-electron chi connectivity index (χ3n) is 3.00. The minimum atomic E-state index is -1.18. The van der Waals surface area contributed by atoms with Crippen molar-refractivity contribution in [1.82, 2.24) is 9.78 Å². The van der Waals surface area contributed by atoms with Crippen LogP contribution in [0.5, 0.6) is 5.75 Å². The first-order valence-electron chi connectivity index (χ1n) is 6.31. The fraction of sp³-hybridized carbons (Fsp3) is 0.286. The van der Waals surface area contributed by atoms with Crippen molar-refractivity contribution in [3.8, 4) is 5.75 Å². The van der Waals surface area contributed by atoms with E-state index in [-0.39, 0.29) is 17.9 Å². The molecule has 0 unspecified atom stereocenters. The van der Waals surface area contributed by atoms with Gasteiger partial charge in [0.1, 0.15) is 6.61 Å². The summed E-state index contributed by atoms with van der Waals surface area (Å²) in [5.74, 6) is -1.87. The fourth-order valence-electron chi connectivity index (χ4n) is 1.90. The van der Waals surface area contributed by atoms with Crippen molar-refractivity contribution in [1.29, 1.82) is 0 Å². The summed E-state index contributed by atoms with van der Waals surface area (Å²) >= 11 is 3.43. The van der Waals surface area contributed by atoms with Crippen LogP contribution in [-0.2, 0) is 13.2 Å². The smallest absolute Gasteiger partial charge is 0.335 e. The Morgan fingerprint density at radius 2 is 2.24 bits per heavy atom. The number of aryl methyl sites for hydroxylation is 2. The van der Waals surface area contributed by atoms with Crippen LogP contribution in [0.3, 0.4) is 0 Å². The third-order valence-corrected chi connectivity index (χ3v) is 4.03. The van der Waals surface area contributed by atoms with Crippen LogP contribution in [0.25, 0.3) is 0 Å². The van der Waals surface area contributed by atoms with Crippen LogP contribution >= 0.6 is 15.9 Å². The van der Waals surface area contributed by atoms with E-state index in [4.69, 9.17) is 9.84 Å². The molecule has 0 saturated carbocycles. The van der Waals surface area contributed by atoms with Gasteiger partial charge in [0.25, 0.3) is 0 Å². The number of aromatic carboxylic acids is 1. The molecule has 5 nitrogen and oxygen atoms in total. The van der Waals surface area contributed by atoms with Gasteiger partial charge < -0.3 is 9.84 Å². The summed E-state index contributed by atoms with van der Waals surface area (Å²) in [7, 11) is 0. The molecule has 0 aliphatic carbocycles. The van der Waals surface area contributed by atoms with E-state index in [1.165, 1.54) is 12.1 Å². The van der Waals surface area contributed by atoms with E-state index in [1.54, 1.807) is 4.68 Å². The molecule has 2 rings (SSSR count). The minimum absolute atomic E-state index is 0.00778. The molecule has 0 aliphatic rings. The highest BCUT2D eigenvalue weighted by atomic mass is 79.9. The SMILES string of the molecule is CCn1nc(C)c(Br)c1COc1ccc(C(=O)O)cc1F. The van der Waals surface area contributed by atoms with Crippen molar-refractivity contribution < 1.29 is 19.0 Å². The van der Waals surface area contributed by atoms with Gasteiger partial charge in [0.2, 0.25) is 0 Å². The Hall–Kier alpha value is -1.89. The second-order valence-electron chi connectivity index (χ2n) is 4.40. The molecule has 2 aromatic rings. The number of hydrogen-bond acceptors (Lipinski definition) is 3. The monoisotopic (exact) mass is 356 g/mol. The van der Waals surface area contributed by atoms with E-state index >= 15 is 0 Å². The first-order chi connectivity index (χ1) is 9.93. The predicted molar refractivity (Wildman–Crippen MR) is 78.0 cm³/mol. The van der Waals surface area contributed by atoms with Gasteiger partial charge in [0.15, 0.2) is 11.6 Å². The molecule has 1 heterocycles. The van der Waals surface area contributed by atoms with Crippen molar-refractivity contribution in [3.63, 3.8) is 0 Å². The van der Waals surface area contributed by atoms with E-state index in [2.05, 4.69) is 21.0 Å². The largest absolute Gasteiger partial charge is 0.484 e. The van der Waals surface area contributed by atoms with Crippen LogP contribution < -0.4 is 4.74 Å². The Kier molecular flexibility index (Phi) is 4.62. The first-order valence-corrected chi connectivity index (χ1v) is 7.10. The van der Waals surface area contributed by atoms with Gasteiger partial charge in [-0.3, -0.25) is 4.68 Å². The van der Waals surface area contributed by atoms with Crippen LogP contribution in [0, 0.1) is 12.7 Å². The summed E-state index contributed by atoms with van der Waals surface area (Å²) in [5, 5.41) is 13.1. The second kappa shape index (κ2) is 6.26. The Morgan fingerprint density at radius 3 is 2.81 bits per heavy atom. The Morgan fingerprint density at radius 1 is 1.52 bits per heavy atom. The van der Waals surface area contributed by atoms with E-state index in [0.717, 1.165) is 21.9 Å². The van der Waals surface area contributed by atoms with Crippen molar-refractivity contribution in [2.24, 2.45) is 0 Å². The van der Waals surface area contributed by atoms with Gasteiger partial charge in [-0.2, -0.15) is 5.10 Å². The molecule has 0 fully saturated rings. The topological polar surface area (TPSA) is 64.4 Å². The number of hydrogen-bond donors (Lipinski definition) is 1. The van der Waals surface area contributed by atoms with E-state index in [1.807, 2.05) is 13.8 Å². The number of halogens is 2. The summed E-state index contributed by atoms with van der Waals surface area (Å²) in [6, 6.07) is 3.56. The van der Waals surface area contributed by atoms with Crippen LogP contribution in [0.2, 0.25) is 0 Å². The molecule has 0 amide bonds. The highest BCUT2D eigenvalue weighted by molar-refractivity contribution is 9.10. The summed E-state index contributed by atoms with van der Waals surface area (Å²) in [6.45, 7) is 4.62. The number of carboxylic acid groups (broad SMARTS) is 1. The number of benzene rings is 1. The summed E-state index contributed by atoms with van der Waals surface area (Å²) in [6.07, 6.45) is 0. The van der Waals surface area contributed by atoms with Gasteiger partial charge in [0, 0.05) is 6.54 Å². The third kappa shape index (κ3) is 3.24. The van der Waals surface area contributed by atoms with Crippen LogP contribution in [-0.4, -0.2) is 20.9 Å². The molecule has 0 atom stereocenters. The molecule has 0 bridgehead atoms. The predicted octanol–water partition coefficient (Wildman–Crippen LogP) is 3.39. The zero-order valence-corrected chi connectivity index (χ0v) is 13.1. The van der Waals surface area contributed by atoms with Crippen molar-refractivity contribution in [2.45, 2.75) is 27.0 Å². The molecule has 7 heteroatoms. The molecular formula is C14H14BrFN2O3. The van der Waals surface area contributed by atoms with E-state index < -0.39 is 11.8 Å². The normalized spacial score (nSPS) is 10.7. The highest BCUT2D eigenvalue weighted by Crippen LogP contribution is 2.24. The fourth-order valence-corrected chi connectivity index (χ4v) is 2.30. The average molecular weight is 357 g/mol. The molecule has 0 aliphatic heterocycles. The standard InChI is InChI=1S/C14H14BrFN2O3/c1-3-18-11(13(15)8(2)17-18)7-21-12-5-4-9(14(19)20)6-10(12)16/h4-6H,3,7H2,1-2H3,(H,19,20).